The van der Waals surface area contributed by atoms with Crippen LogP contribution in [0.2, 0.25) is 0 Å². The molecule has 94 valence electrons. The number of hydrogen-bond donors (Lipinski definition) is 1. The summed E-state index contributed by atoms with van der Waals surface area (Å²) in [5.74, 6) is 0.818. The van der Waals surface area contributed by atoms with Gasteiger partial charge in [-0.2, -0.15) is 0 Å². The van der Waals surface area contributed by atoms with Gasteiger partial charge in [-0.25, -0.2) is 4.79 Å². The van der Waals surface area contributed by atoms with Crippen molar-refractivity contribution in [3.05, 3.63) is 29.3 Å². The van der Waals surface area contributed by atoms with E-state index >= 15 is 0 Å². The van der Waals surface area contributed by atoms with Crippen molar-refractivity contribution in [2.24, 2.45) is 0 Å². The molecule has 0 heterocycles. The molecule has 0 atom stereocenters. The highest BCUT2D eigenvalue weighted by Gasteiger charge is 2.00. The minimum atomic E-state index is -0.406. The number of aryl methyl sites for hydroxylation is 2. The van der Waals surface area contributed by atoms with Crippen molar-refractivity contribution in [1.29, 1.82) is 0 Å². The molecule has 0 saturated heterocycles. The van der Waals surface area contributed by atoms with Crippen LogP contribution in [0.5, 0.6) is 5.75 Å². The zero-order valence-electron chi connectivity index (χ0n) is 10.6. The van der Waals surface area contributed by atoms with Crippen LogP contribution < -0.4 is 10.1 Å². The molecule has 0 aliphatic carbocycles. The highest BCUT2D eigenvalue weighted by molar-refractivity contribution is 5.66. The summed E-state index contributed by atoms with van der Waals surface area (Å²) < 4.78 is 10.2. The first-order chi connectivity index (χ1) is 8.13. The van der Waals surface area contributed by atoms with Gasteiger partial charge in [0.05, 0.1) is 13.2 Å². The molecule has 0 aromatic heterocycles. The summed E-state index contributed by atoms with van der Waals surface area (Å²) >= 11 is 0. The lowest BCUT2D eigenvalue weighted by atomic mass is 10.1. The Morgan fingerprint density at radius 2 is 2.06 bits per heavy atom. The van der Waals surface area contributed by atoms with E-state index in [0.29, 0.717) is 19.8 Å². The summed E-state index contributed by atoms with van der Waals surface area (Å²) in [7, 11) is 0. The molecule has 0 fully saturated rings. The summed E-state index contributed by atoms with van der Waals surface area (Å²) in [4.78, 5) is 11.0. The maximum Gasteiger partial charge on any atom is 0.407 e. The van der Waals surface area contributed by atoms with E-state index in [1.54, 1.807) is 6.92 Å². The van der Waals surface area contributed by atoms with Gasteiger partial charge < -0.3 is 14.8 Å². The van der Waals surface area contributed by atoms with E-state index in [2.05, 4.69) is 12.2 Å². The first-order valence-corrected chi connectivity index (χ1v) is 5.74. The minimum absolute atomic E-state index is 0.379. The van der Waals surface area contributed by atoms with Gasteiger partial charge in [-0.1, -0.05) is 6.07 Å². The first-order valence-electron chi connectivity index (χ1n) is 5.74. The van der Waals surface area contributed by atoms with E-state index in [0.717, 1.165) is 5.75 Å². The van der Waals surface area contributed by atoms with Gasteiger partial charge in [0.25, 0.3) is 0 Å². The monoisotopic (exact) mass is 237 g/mol. The molecule has 4 heteroatoms. The average molecular weight is 237 g/mol. The maximum atomic E-state index is 11.0. The second kappa shape index (κ2) is 6.78. The van der Waals surface area contributed by atoms with Gasteiger partial charge in [-0.05, 0) is 44.0 Å². The molecule has 0 aliphatic rings. The van der Waals surface area contributed by atoms with E-state index in [4.69, 9.17) is 9.47 Å². The van der Waals surface area contributed by atoms with Gasteiger partial charge in [0.15, 0.2) is 0 Å². The molecule has 1 amide bonds. The minimum Gasteiger partial charge on any atom is -0.492 e. The zero-order valence-corrected chi connectivity index (χ0v) is 10.6. The van der Waals surface area contributed by atoms with E-state index in [-0.39, 0.29) is 0 Å². The van der Waals surface area contributed by atoms with Crippen LogP contribution in [0.1, 0.15) is 18.1 Å². The van der Waals surface area contributed by atoms with E-state index in [1.807, 2.05) is 25.1 Å². The van der Waals surface area contributed by atoms with Crippen molar-refractivity contribution in [3.8, 4) is 5.75 Å². The van der Waals surface area contributed by atoms with Crippen LogP contribution in [-0.2, 0) is 4.74 Å². The van der Waals surface area contributed by atoms with Crippen LogP contribution in [0, 0.1) is 13.8 Å². The van der Waals surface area contributed by atoms with Gasteiger partial charge in [0, 0.05) is 0 Å². The van der Waals surface area contributed by atoms with Crippen molar-refractivity contribution in [3.63, 3.8) is 0 Å². The van der Waals surface area contributed by atoms with Gasteiger partial charge in [0.1, 0.15) is 12.4 Å². The molecule has 0 radical (unpaired) electrons. The summed E-state index contributed by atoms with van der Waals surface area (Å²) in [6, 6.07) is 5.93. The van der Waals surface area contributed by atoms with Crippen molar-refractivity contribution in [1.82, 2.24) is 5.32 Å². The maximum absolute atomic E-state index is 11.0. The van der Waals surface area contributed by atoms with Crippen molar-refractivity contribution in [2.45, 2.75) is 20.8 Å². The lowest BCUT2D eigenvalue weighted by molar-refractivity contribution is 0.150. The smallest absolute Gasteiger partial charge is 0.407 e. The molecular weight excluding hydrogens is 218 g/mol. The summed E-state index contributed by atoms with van der Waals surface area (Å²) in [5, 5.41) is 2.59. The van der Waals surface area contributed by atoms with E-state index in [1.165, 1.54) is 11.1 Å². The van der Waals surface area contributed by atoms with Crippen LogP contribution in [0.15, 0.2) is 18.2 Å². The molecule has 1 N–H and O–H groups in total. The average Bonchev–Trinajstić information content (AvgIpc) is 2.29. The Labute approximate surface area is 102 Å². The summed E-state index contributed by atoms with van der Waals surface area (Å²) in [6.45, 7) is 7.11. The molecule has 0 spiro atoms. The molecule has 4 nitrogen and oxygen atoms in total. The molecule has 0 unspecified atom stereocenters. The number of nitrogens with one attached hydrogen (secondary N) is 1. The SMILES string of the molecule is CCOC(=O)NCCOc1ccc(C)c(C)c1. The Morgan fingerprint density at radius 3 is 2.71 bits per heavy atom. The highest BCUT2D eigenvalue weighted by atomic mass is 16.5. The number of rotatable bonds is 5. The van der Waals surface area contributed by atoms with E-state index in [9.17, 15) is 4.79 Å². The Balaban J connectivity index is 2.26. The third-order valence-electron chi connectivity index (χ3n) is 2.39. The molecule has 0 bridgehead atoms. The quantitative estimate of drug-likeness (QED) is 0.800. The third-order valence-corrected chi connectivity index (χ3v) is 2.39. The Bertz CT molecular complexity index is 377. The number of alkyl carbamates (subject to hydrolysis) is 1. The molecule has 1 aromatic rings. The zero-order chi connectivity index (χ0) is 12.7. The normalized spacial score (nSPS) is 9.82. The Hall–Kier alpha value is -1.71. The number of carbonyl (C=O) groups is 1. The standard InChI is InChI=1S/C13H19NO3/c1-4-16-13(15)14-7-8-17-12-6-5-10(2)11(3)9-12/h5-6,9H,4,7-8H2,1-3H3,(H,14,15). The van der Waals surface area contributed by atoms with Gasteiger partial charge in [-0.3, -0.25) is 0 Å². The molecule has 1 rings (SSSR count). The number of hydrogen-bond acceptors (Lipinski definition) is 3. The van der Waals surface area contributed by atoms with Gasteiger partial charge in [0.2, 0.25) is 0 Å². The van der Waals surface area contributed by atoms with Crippen LogP contribution in [0.4, 0.5) is 4.79 Å². The van der Waals surface area contributed by atoms with Gasteiger partial charge >= 0.3 is 6.09 Å². The number of ether oxygens (including phenoxy) is 2. The first kappa shape index (κ1) is 13.4. The molecule has 0 saturated carbocycles. The van der Waals surface area contributed by atoms with Crippen molar-refractivity contribution < 1.29 is 14.3 Å². The fourth-order valence-electron chi connectivity index (χ4n) is 1.31. The molecule has 0 aliphatic heterocycles. The largest absolute Gasteiger partial charge is 0.492 e. The van der Waals surface area contributed by atoms with Crippen molar-refractivity contribution in [2.75, 3.05) is 19.8 Å². The molecule has 1 aromatic carbocycles. The summed E-state index contributed by atoms with van der Waals surface area (Å²) in [5.41, 5.74) is 2.43. The highest BCUT2D eigenvalue weighted by Crippen LogP contribution is 2.15. The fraction of sp³-hybridized carbons (Fsp3) is 0.462. The topological polar surface area (TPSA) is 47.6 Å². The summed E-state index contributed by atoms with van der Waals surface area (Å²) in [6.07, 6.45) is -0.406. The number of carbonyl (C=O) groups excluding carboxylic acids is 1. The molecular formula is C13H19NO3. The Morgan fingerprint density at radius 1 is 1.29 bits per heavy atom. The van der Waals surface area contributed by atoms with Gasteiger partial charge in [-0.15, -0.1) is 0 Å². The van der Waals surface area contributed by atoms with E-state index < -0.39 is 6.09 Å². The second-order valence-electron chi connectivity index (χ2n) is 3.74. The predicted molar refractivity (Wildman–Crippen MR) is 66.4 cm³/mol. The second-order valence-corrected chi connectivity index (χ2v) is 3.74. The number of benzene rings is 1. The lowest BCUT2D eigenvalue weighted by Gasteiger charge is -2.09. The van der Waals surface area contributed by atoms with Crippen LogP contribution in [-0.4, -0.2) is 25.9 Å². The van der Waals surface area contributed by atoms with Crippen LogP contribution >= 0.6 is 0 Å². The Kier molecular flexibility index (Phi) is 5.33. The lowest BCUT2D eigenvalue weighted by Crippen LogP contribution is -2.28. The van der Waals surface area contributed by atoms with Crippen LogP contribution in [0.25, 0.3) is 0 Å². The van der Waals surface area contributed by atoms with Crippen LogP contribution in [0.3, 0.4) is 0 Å². The molecule has 17 heavy (non-hydrogen) atoms. The fourth-order valence-corrected chi connectivity index (χ4v) is 1.31. The number of amides is 1. The van der Waals surface area contributed by atoms with Crippen molar-refractivity contribution >= 4 is 6.09 Å². The third kappa shape index (κ3) is 4.76. The predicted octanol–water partition coefficient (Wildman–Crippen LogP) is 2.43.